The zero-order valence-electron chi connectivity index (χ0n) is 13.2. The van der Waals surface area contributed by atoms with E-state index in [1.165, 1.54) is 0 Å². The van der Waals surface area contributed by atoms with Crippen LogP contribution in [0.4, 0.5) is 20.5 Å². The first-order valence-electron chi connectivity index (χ1n) is 8.03. The van der Waals surface area contributed by atoms with Gasteiger partial charge in [-0.1, -0.05) is 0 Å². The number of nitrogens with zero attached hydrogens (tertiary/aromatic N) is 3. The molecule has 2 aliphatic carbocycles. The van der Waals surface area contributed by atoms with Gasteiger partial charge in [0.05, 0.1) is 6.10 Å². The third kappa shape index (κ3) is 4.28. The second-order valence-corrected chi connectivity index (χ2v) is 6.32. The predicted molar refractivity (Wildman–Crippen MR) is 85.7 cm³/mol. The number of hydrogen-bond donors (Lipinski definition) is 3. The Balaban J connectivity index is 1.67. The highest BCUT2D eigenvalue weighted by Crippen LogP contribution is 2.34. The van der Waals surface area contributed by atoms with Gasteiger partial charge in [-0.3, -0.25) is 0 Å². The molecule has 0 unspecified atom stereocenters. The third-order valence-corrected chi connectivity index (χ3v) is 4.31. The minimum absolute atomic E-state index is 0.0672. The molecule has 24 heavy (non-hydrogen) atoms. The molecule has 1 aromatic rings. The van der Waals surface area contributed by atoms with Crippen molar-refractivity contribution in [3.05, 3.63) is 6.07 Å². The molecular formula is C15H21F2N5O2. The van der Waals surface area contributed by atoms with Gasteiger partial charge in [-0.2, -0.15) is 15.1 Å². The maximum atomic E-state index is 13.2. The second kappa shape index (κ2) is 6.84. The Bertz CT molecular complexity index is 585. The highest BCUT2D eigenvalue weighted by Gasteiger charge is 2.35. The molecule has 7 nitrogen and oxygen atoms in total. The number of halogens is 2. The lowest BCUT2D eigenvalue weighted by molar-refractivity contribution is -0.0361. The molecule has 2 aliphatic rings. The van der Waals surface area contributed by atoms with E-state index in [1.54, 1.807) is 6.07 Å². The van der Waals surface area contributed by atoms with Gasteiger partial charge in [-0.25, -0.2) is 14.2 Å². The Morgan fingerprint density at radius 3 is 2.62 bits per heavy atom. The Hall–Kier alpha value is -2.03. The first kappa shape index (κ1) is 16.8. The lowest BCUT2D eigenvalue weighted by Gasteiger charge is -2.31. The molecule has 0 amide bonds. The van der Waals surface area contributed by atoms with Gasteiger partial charge in [0.15, 0.2) is 0 Å². The summed E-state index contributed by atoms with van der Waals surface area (Å²) in [6, 6.07) is 1.56. The Morgan fingerprint density at radius 2 is 2.00 bits per heavy atom. The van der Waals surface area contributed by atoms with E-state index in [0.29, 0.717) is 37.4 Å². The fourth-order valence-corrected chi connectivity index (χ4v) is 2.88. The van der Waals surface area contributed by atoms with E-state index in [1.807, 2.05) is 0 Å². The molecule has 0 spiro atoms. The number of aromatic nitrogens is 2. The summed E-state index contributed by atoms with van der Waals surface area (Å²) in [6.07, 6.45) is 1.22. The largest absolute Gasteiger partial charge is 0.474 e. The van der Waals surface area contributed by atoms with E-state index in [4.69, 9.17) is 4.74 Å². The van der Waals surface area contributed by atoms with Gasteiger partial charge in [0.25, 0.3) is 0 Å². The standard InChI is InChI=1S/C15H21F2N5O2/c1-18-22-14-20-12(19-9-2-4-15(16,17)5-3-9)8-13(21-14)24-11-6-10(23)7-11/h8-11,23H,1-7H2,(H2,19,20,21,22). The maximum absolute atomic E-state index is 13.2. The van der Waals surface area contributed by atoms with Crippen molar-refractivity contribution < 1.29 is 18.6 Å². The summed E-state index contributed by atoms with van der Waals surface area (Å²) in [6.45, 7) is 3.33. The average molecular weight is 341 g/mol. The first-order chi connectivity index (χ1) is 11.4. The van der Waals surface area contributed by atoms with Crippen LogP contribution in [0.5, 0.6) is 5.88 Å². The molecule has 0 saturated heterocycles. The van der Waals surface area contributed by atoms with E-state index in [-0.39, 0.29) is 37.0 Å². The summed E-state index contributed by atoms with van der Waals surface area (Å²) in [5, 5.41) is 16.0. The normalized spacial score (nSPS) is 26.3. The lowest BCUT2D eigenvalue weighted by atomic mass is 9.92. The van der Waals surface area contributed by atoms with Gasteiger partial charge in [-0.05, 0) is 12.8 Å². The molecule has 132 valence electrons. The number of aliphatic hydroxyl groups is 1. The van der Waals surface area contributed by atoms with E-state index in [2.05, 4.69) is 32.5 Å². The van der Waals surface area contributed by atoms with Crippen LogP contribution in [0.2, 0.25) is 0 Å². The minimum Gasteiger partial charge on any atom is -0.474 e. The highest BCUT2D eigenvalue weighted by atomic mass is 19.3. The van der Waals surface area contributed by atoms with Crippen LogP contribution >= 0.6 is 0 Å². The first-order valence-corrected chi connectivity index (χ1v) is 8.03. The number of alkyl halides is 2. The molecule has 1 aromatic heterocycles. The number of rotatable bonds is 6. The third-order valence-electron chi connectivity index (χ3n) is 4.31. The molecular weight excluding hydrogens is 320 g/mol. The van der Waals surface area contributed by atoms with Crippen LogP contribution in [-0.2, 0) is 0 Å². The van der Waals surface area contributed by atoms with Crippen molar-refractivity contribution in [1.82, 2.24) is 9.97 Å². The van der Waals surface area contributed by atoms with E-state index in [9.17, 15) is 13.9 Å². The Labute approximate surface area is 138 Å². The van der Waals surface area contributed by atoms with Crippen molar-refractivity contribution in [2.75, 3.05) is 10.7 Å². The molecule has 0 radical (unpaired) electrons. The monoisotopic (exact) mass is 341 g/mol. The van der Waals surface area contributed by atoms with Crippen molar-refractivity contribution >= 4 is 18.5 Å². The molecule has 0 aromatic carbocycles. The molecule has 0 bridgehead atoms. The van der Waals surface area contributed by atoms with Gasteiger partial charge < -0.3 is 15.2 Å². The number of hydrogen-bond acceptors (Lipinski definition) is 7. The summed E-state index contributed by atoms with van der Waals surface area (Å²) in [7, 11) is 0. The average Bonchev–Trinajstić information content (AvgIpc) is 2.48. The molecule has 0 atom stereocenters. The predicted octanol–water partition coefficient (Wildman–Crippen LogP) is 2.40. The van der Waals surface area contributed by atoms with Crippen molar-refractivity contribution in [1.29, 1.82) is 0 Å². The van der Waals surface area contributed by atoms with Crippen molar-refractivity contribution in [2.24, 2.45) is 5.10 Å². The zero-order valence-corrected chi connectivity index (χ0v) is 13.2. The molecule has 3 N–H and O–H groups in total. The van der Waals surface area contributed by atoms with Crippen LogP contribution in [-0.4, -0.2) is 46.0 Å². The van der Waals surface area contributed by atoms with Crippen molar-refractivity contribution in [2.45, 2.75) is 62.7 Å². The smallest absolute Gasteiger partial charge is 0.248 e. The zero-order chi connectivity index (χ0) is 17.2. The van der Waals surface area contributed by atoms with Gasteiger partial charge in [0.2, 0.25) is 17.8 Å². The van der Waals surface area contributed by atoms with Crippen LogP contribution in [0.3, 0.4) is 0 Å². The van der Waals surface area contributed by atoms with E-state index < -0.39 is 5.92 Å². The van der Waals surface area contributed by atoms with Crippen molar-refractivity contribution in [3.63, 3.8) is 0 Å². The summed E-state index contributed by atoms with van der Waals surface area (Å²) < 4.78 is 32.2. The summed E-state index contributed by atoms with van der Waals surface area (Å²) >= 11 is 0. The lowest BCUT2D eigenvalue weighted by Crippen LogP contribution is -2.37. The second-order valence-electron chi connectivity index (χ2n) is 6.32. The number of aliphatic hydroxyl groups excluding tert-OH is 1. The van der Waals surface area contributed by atoms with Crippen molar-refractivity contribution in [3.8, 4) is 5.88 Å². The van der Waals surface area contributed by atoms with Crippen LogP contribution < -0.4 is 15.5 Å². The van der Waals surface area contributed by atoms with Gasteiger partial charge >= 0.3 is 0 Å². The quantitative estimate of drug-likeness (QED) is 0.544. The molecule has 2 saturated carbocycles. The molecule has 1 heterocycles. The van der Waals surface area contributed by atoms with E-state index >= 15 is 0 Å². The van der Waals surface area contributed by atoms with Gasteiger partial charge in [0.1, 0.15) is 11.9 Å². The SMILES string of the molecule is C=NNc1nc(NC2CCC(F)(F)CC2)cc(OC2CC(O)C2)n1. The minimum atomic E-state index is -2.57. The van der Waals surface area contributed by atoms with Crippen LogP contribution in [0.25, 0.3) is 0 Å². The van der Waals surface area contributed by atoms with Gasteiger partial charge in [0, 0.05) is 44.5 Å². The van der Waals surface area contributed by atoms with Gasteiger partial charge in [-0.15, -0.1) is 0 Å². The Morgan fingerprint density at radius 1 is 1.29 bits per heavy atom. The summed E-state index contributed by atoms with van der Waals surface area (Å²) in [5.74, 6) is -1.52. The fraction of sp³-hybridized carbons (Fsp3) is 0.667. The molecule has 3 rings (SSSR count). The molecule has 9 heteroatoms. The molecule has 0 aliphatic heterocycles. The number of ether oxygens (including phenoxy) is 1. The summed E-state index contributed by atoms with van der Waals surface area (Å²) in [4.78, 5) is 8.40. The van der Waals surface area contributed by atoms with Crippen LogP contribution in [0, 0.1) is 0 Å². The number of nitrogens with one attached hydrogen (secondary N) is 2. The van der Waals surface area contributed by atoms with Crippen LogP contribution in [0.1, 0.15) is 38.5 Å². The maximum Gasteiger partial charge on any atom is 0.248 e. The number of anilines is 2. The molecule has 2 fully saturated rings. The highest BCUT2D eigenvalue weighted by molar-refractivity contribution is 5.46. The Kier molecular flexibility index (Phi) is 4.79. The van der Waals surface area contributed by atoms with Crippen LogP contribution in [0.15, 0.2) is 11.2 Å². The van der Waals surface area contributed by atoms with E-state index in [0.717, 1.165) is 0 Å². The topological polar surface area (TPSA) is 91.7 Å². The fourth-order valence-electron chi connectivity index (χ4n) is 2.88. The number of hydrazone groups is 1. The summed E-state index contributed by atoms with van der Waals surface area (Å²) in [5.41, 5.74) is 2.56.